The van der Waals surface area contributed by atoms with Crippen molar-refractivity contribution in [2.24, 2.45) is 5.92 Å². The average molecular weight is 172 g/mol. The summed E-state index contributed by atoms with van der Waals surface area (Å²) >= 11 is 0. The molecule has 0 bridgehead atoms. The van der Waals surface area contributed by atoms with Gasteiger partial charge in [0.15, 0.2) is 0 Å². The topological polar surface area (TPSA) is 41.1 Å². The van der Waals surface area contributed by atoms with E-state index in [9.17, 15) is 4.79 Å². The van der Waals surface area contributed by atoms with E-state index in [1.807, 2.05) is 6.92 Å². The summed E-state index contributed by atoms with van der Waals surface area (Å²) in [6.45, 7) is 8.90. The Kier molecular flexibility index (Phi) is 5.51. The third-order valence-electron chi connectivity index (χ3n) is 1.90. The number of hydrogen-bond acceptors (Lipinski definition) is 1. The van der Waals surface area contributed by atoms with Gasteiger partial charge in [0.25, 0.3) is 0 Å². The molecule has 0 saturated carbocycles. The highest BCUT2D eigenvalue weighted by atomic mass is 16.2. The second kappa shape index (κ2) is 5.86. The standard InChI is InChI=1S/C9H20N2O/c1-5-8(7(3)4)11-9(12)10-6-2/h7-8H,5-6H2,1-4H3,(H2,10,11,12). The van der Waals surface area contributed by atoms with Gasteiger partial charge >= 0.3 is 6.03 Å². The van der Waals surface area contributed by atoms with Crippen molar-refractivity contribution in [3.05, 3.63) is 0 Å². The Morgan fingerprint density at radius 1 is 1.33 bits per heavy atom. The zero-order valence-electron chi connectivity index (χ0n) is 8.48. The molecule has 0 heterocycles. The summed E-state index contributed by atoms with van der Waals surface area (Å²) < 4.78 is 0. The monoisotopic (exact) mass is 172 g/mol. The molecule has 0 aromatic carbocycles. The Labute approximate surface area is 74.9 Å². The predicted octanol–water partition coefficient (Wildman–Crippen LogP) is 1.74. The van der Waals surface area contributed by atoms with Gasteiger partial charge in [0.05, 0.1) is 0 Å². The molecule has 2 N–H and O–H groups in total. The molecule has 3 heteroatoms. The van der Waals surface area contributed by atoms with Crippen LogP contribution in [0.4, 0.5) is 4.79 Å². The van der Waals surface area contributed by atoms with E-state index >= 15 is 0 Å². The SMILES string of the molecule is CCNC(=O)NC(CC)C(C)C. The van der Waals surface area contributed by atoms with Crippen molar-refractivity contribution in [1.82, 2.24) is 10.6 Å². The van der Waals surface area contributed by atoms with Gasteiger partial charge in [0.1, 0.15) is 0 Å². The van der Waals surface area contributed by atoms with Crippen molar-refractivity contribution in [3.63, 3.8) is 0 Å². The minimum Gasteiger partial charge on any atom is -0.338 e. The van der Waals surface area contributed by atoms with E-state index in [1.165, 1.54) is 0 Å². The van der Waals surface area contributed by atoms with Gasteiger partial charge in [0, 0.05) is 12.6 Å². The molecule has 0 aliphatic rings. The second-order valence-corrected chi connectivity index (χ2v) is 3.26. The van der Waals surface area contributed by atoms with E-state index in [0.717, 1.165) is 6.42 Å². The van der Waals surface area contributed by atoms with Crippen LogP contribution in [0.3, 0.4) is 0 Å². The summed E-state index contributed by atoms with van der Waals surface area (Å²) in [7, 11) is 0. The first-order chi connectivity index (χ1) is 5.61. The Bertz CT molecular complexity index is 134. The van der Waals surface area contributed by atoms with Crippen molar-refractivity contribution in [1.29, 1.82) is 0 Å². The van der Waals surface area contributed by atoms with Gasteiger partial charge < -0.3 is 10.6 Å². The lowest BCUT2D eigenvalue weighted by Gasteiger charge is -2.20. The minimum atomic E-state index is -0.0574. The third-order valence-corrected chi connectivity index (χ3v) is 1.90. The largest absolute Gasteiger partial charge is 0.338 e. The molecule has 2 amide bonds. The highest BCUT2D eigenvalue weighted by molar-refractivity contribution is 5.74. The van der Waals surface area contributed by atoms with Crippen LogP contribution in [-0.2, 0) is 0 Å². The number of nitrogens with one attached hydrogen (secondary N) is 2. The fraction of sp³-hybridized carbons (Fsp3) is 0.889. The summed E-state index contributed by atoms with van der Waals surface area (Å²) in [6.07, 6.45) is 0.981. The maximum Gasteiger partial charge on any atom is 0.315 e. The summed E-state index contributed by atoms with van der Waals surface area (Å²) in [5.74, 6) is 0.498. The van der Waals surface area contributed by atoms with Gasteiger partial charge in [-0.25, -0.2) is 4.79 Å². The second-order valence-electron chi connectivity index (χ2n) is 3.26. The van der Waals surface area contributed by atoms with E-state index in [4.69, 9.17) is 0 Å². The molecule has 0 fully saturated rings. The van der Waals surface area contributed by atoms with Gasteiger partial charge in [-0.15, -0.1) is 0 Å². The minimum absolute atomic E-state index is 0.0574. The maximum atomic E-state index is 11.1. The lowest BCUT2D eigenvalue weighted by molar-refractivity contribution is 0.233. The first kappa shape index (κ1) is 11.3. The van der Waals surface area contributed by atoms with Crippen molar-refractivity contribution in [2.75, 3.05) is 6.54 Å². The Balaban J connectivity index is 3.77. The average Bonchev–Trinajstić information content (AvgIpc) is 2.00. The maximum absolute atomic E-state index is 11.1. The van der Waals surface area contributed by atoms with Gasteiger partial charge in [-0.2, -0.15) is 0 Å². The van der Waals surface area contributed by atoms with Crippen LogP contribution in [0.2, 0.25) is 0 Å². The Hall–Kier alpha value is -0.730. The molecule has 0 aliphatic heterocycles. The number of carbonyl (C=O) groups is 1. The first-order valence-electron chi connectivity index (χ1n) is 4.66. The molecule has 0 rings (SSSR count). The molecule has 72 valence electrons. The van der Waals surface area contributed by atoms with Crippen LogP contribution in [0.15, 0.2) is 0 Å². The molecule has 0 radical (unpaired) electrons. The van der Waals surface area contributed by atoms with Crippen LogP contribution in [-0.4, -0.2) is 18.6 Å². The van der Waals surface area contributed by atoms with Gasteiger partial charge in [-0.05, 0) is 19.3 Å². The smallest absolute Gasteiger partial charge is 0.315 e. The molecule has 0 saturated heterocycles. The van der Waals surface area contributed by atoms with Gasteiger partial charge in [-0.1, -0.05) is 20.8 Å². The van der Waals surface area contributed by atoms with E-state index in [2.05, 4.69) is 31.4 Å². The fourth-order valence-corrected chi connectivity index (χ4v) is 1.12. The number of amides is 2. The van der Waals surface area contributed by atoms with Crippen molar-refractivity contribution in [3.8, 4) is 0 Å². The molecule has 0 aromatic rings. The van der Waals surface area contributed by atoms with Crippen LogP contribution in [0, 0.1) is 5.92 Å². The van der Waals surface area contributed by atoms with Crippen molar-refractivity contribution in [2.45, 2.75) is 40.2 Å². The summed E-state index contributed by atoms with van der Waals surface area (Å²) in [5.41, 5.74) is 0. The van der Waals surface area contributed by atoms with Crippen LogP contribution in [0.25, 0.3) is 0 Å². The van der Waals surface area contributed by atoms with Crippen LogP contribution in [0.1, 0.15) is 34.1 Å². The number of carbonyl (C=O) groups excluding carboxylic acids is 1. The van der Waals surface area contributed by atoms with E-state index in [-0.39, 0.29) is 12.1 Å². The molecule has 0 spiro atoms. The lowest BCUT2D eigenvalue weighted by atomic mass is 10.0. The van der Waals surface area contributed by atoms with Crippen LogP contribution >= 0.6 is 0 Å². The molecule has 12 heavy (non-hydrogen) atoms. The Morgan fingerprint density at radius 3 is 2.25 bits per heavy atom. The summed E-state index contributed by atoms with van der Waals surface area (Å²) in [4.78, 5) is 11.1. The van der Waals surface area contributed by atoms with Crippen molar-refractivity contribution >= 4 is 6.03 Å². The summed E-state index contributed by atoms with van der Waals surface area (Å²) in [6, 6.07) is 0.231. The molecular formula is C9H20N2O. The van der Waals surface area contributed by atoms with Crippen molar-refractivity contribution < 1.29 is 4.79 Å². The number of hydrogen-bond donors (Lipinski definition) is 2. The normalized spacial score (nSPS) is 12.8. The third kappa shape index (κ3) is 4.21. The van der Waals surface area contributed by atoms with Gasteiger partial charge in [-0.3, -0.25) is 0 Å². The van der Waals surface area contributed by atoms with E-state index in [0.29, 0.717) is 12.5 Å². The quantitative estimate of drug-likeness (QED) is 0.666. The highest BCUT2D eigenvalue weighted by Crippen LogP contribution is 2.04. The zero-order valence-corrected chi connectivity index (χ0v) is 8.48. The van der Waals surface area contributed by atoms with E-state index in [1.54, 1.807) is 0 Å². The fourth-order valence-electron chi connectivity index (χ4n) is 1.12. The lowest BCUT2D eigenvalue weighted by Crippen LogP contribution is -2.44. The number of rotatable bonds is 4. The van der Waals surface area contributed by atoms with Crippen LogP contribution in [0.5, 0.6) is 0 Å². The first-order valence-corrected chi connectivity index (χ1v) is 4.66. The molecule has 0 aromatic heterocycles. The molecular weight excluding hydrogens is 152 g/mol. The Morgan fingerprint density at radius 2 is 1.92 bits per heavy atom. The zero-order chi connectivity index (χ0) is 9.56. The molecule has 0 aliphatic carbocycles. The van der Waals surface area contributed by atoms with E-state index < -0.39 is 0 Å². The van der Waals surface area contributed by atoms with Crippen LogP contribution < -0.4 is 10.6 Å². The molecule has 1 atom stereocenters. The predicted molar refractivity (Wildman–Crippen MR) is 51.1 cm³/mol. The molecule has 1 unspecified atom stereocenters. The number of urea groups is 1. The highest BCUT2D eigenvalue weighted by Gasteiger charge is 2.12. The molecule has 3 nitrogen and oxygen atoms in total. The van der Waals surface area contributed by atoms with Gasteiger partial charge in [0.2, 0.25) is 0 Å². The summed E-state index contributed by atoms with van der Waals surface area (Å²) in [5, 5.41) is 5.63.